The lowest BCUT2D eigenvalue weighted by Crippen LogP contribution is -2.35. The van der Waals surface area contributed by atoms with E-state index in [-0.39, 0.29) is 5.82 Å². The molecule has 29 heavy (non-hydrogen) atoms. The summed E-state index contributed by atoms with van der Waals surface area (Å²) in [4.78, 5) is 11.4. The van der Waals surface area contributed by atoms with Crippen LogP contribution in [0.2, 0.25) is 0 Å². The second-order valence-electron chi connectivity index (χ2n) is 7.66. The van der Waals surface area contributed by atoms with E-state index in [0.717, 1.165) is 43.2 Å². The molecule has 1 aliphatic heterocycles. The Morgan fingerprint density at radius 2 is 1.69 bits per heavy atom. The molecule has 0 atom stereocenters. The quantitative estimate of drug-likeness (QED) is 0.633. The molecule has 0 aliphatic carbocycles. The van der Waals surface area contributed by atoms with Crippen molar-refractivity contribution in [2.75, 3.05) is 29.9 Å². The molecule has 3 aromatic rings. The molecule has 0 saturated carbocycles. The summed E-state index contributed by atoms with van der Waals surface area (Å²) in [5.41, 5.74) is 2.52. The first kappa shape index (κ1) is 19.4. The number of halogens is 1. The van der Waals surface area contributed by atoms with Crippen LogP contribution in [0.5, 0.6) is 0 Å². The molecule has 5 heteroatoms. The predicted molar refractivity (Wildman–Crippen MR) is 116 cm³/mol. The Bertz CT molecular complexity index is 890. The molecular weight excluding hydrogens is 363 g/mol. The van der Waals surface area contributed by atoms with Crippen molar-refractivity contribution >= 4 is 11.8 Å². The number of piperidine rings is 1. The molecule has 0 amide bonds. The van der Waals surface area contributed by atoms with E-state index in [1.165, 1.54) is 30.5 Å². The molecule has 0 bridgehead atoms. The summed E-state index contributed by atoms with van der Waals surface area (Å²) in [5.74, 6) is 2.17. The summed E-state index contributed by atoms with van der Waals surface area (Å²) in [7, 11) is 0. The zero-order valence-electron chi connectivity index (χ0n) is 16.6. The SMILES string of the molecule is Fc1ccc(CCNc2nccc(N3CCC(Cc4ccccc4)CC3)n2)cc1. The number of nitrogens with zero attached hydrogens (tertiary/aromatic N) is 3. The molecule has 0 radical (unpaired) electrons. The zero-order valence-corrected chi connectivity index (χ0v) is 16.6. The molecule has 2 heterocycles. The van der Waals surface area contributed by atoms with Gasteiger partial charge in [0.25, 0.3) is 0 Å². The zero-order chi connectivity index (χ0) is 19.9. The number of hydrogen-bond donors (Lipinski definition) is 1. The standard InChI is InChI=1S/C24H27FN4/c25-22-8-6-19(7-9-22)10-14-26-24-27-15-11-23(28-24)29-16-12-21(13-17-29)18-20-4-2-1-3-5-20/h1-9,11,15,21H,10,12-14,16-18H2,(H,26,27,28). The fraction of sp³-hybridized carbons (Fsp3) is 0.333. The van der Waals surface area contributed by atoms with E-state index in [1.54, 1.807) is 0 Å². The third-order valence-corrected chi connectivity index (χ3v) is 5.56. The summed E-state index contributed by atoms with van der Waals surface area (Å²) >= 11 is 0. The lowest BCUT2D eigenvalue weighted by atomic mass is 9.90. The van der Waals surface area contributed by atoms with Crippen molar-refractivity contribution in [1.29, 1.82) is 0 Å². The molecule has 1 fully saturated rings. The molecule has 0 spiro atoms. The Morgan fingerprint density at radius 1 is 0.931 bits per heavy atom. The van der Waals surface area contributed by atoms with Gasteiger partial charge in [0, 0.05) is 25.8 Å². The van der Waals surface area contributed by atoms with Crippen LogP contribution in [0.3, 0.4) is 0 Å². The molecule has 4 nitrogen and oxygen atoms in total. The number of benzene rings is 2. The summed E-state index contributed by atoms with van der Waals surface area (Å²) in [6, 6.07) is 19.4. The van der Waals surface area contributed by atoms with Crippen molar-refractivity contribution in [2.45, 2.75) is 25.7 Å². The molecule has 1 N–H and O–H groups in total. The van der Waals surface area contributed by atoms with E-state index in [0.29, 0.717) is 12.5 Å². The molecule has 1 saturated heterocycles. The molecule has 1 aliphatic rings. The van der Waals surface area contributed by atoms with Gasteiger partial charge in [-0.15, -0.1) is 0 Å². The number of nitrogens with one attached hydrogen (secondary N) is 1. The van der Waals surface area contributed by atoms with E-state index in [2.05, 4.69) is 45.5 Å². The van der Waals surface area contributed by atoms with Gasteiger partial charge in [-0.1, -0.05) is 42.5 Å². The van der Waals surface area contributed by atoms with Crippen molar-refractivity contribution in [3.8, 4) is 0 Å². The van der Waals surface area contributed by atoms with Gasteiger partial charge in [0.1, 0.15) is 11.6 Å². The topological polar surface area (TPSA) is 41.1 Å². The van der Waals surface area contributed by atoms with Crippen molar-refractivity contribution in [2.24, 2.45) is 5.92 Å². The molecule has 0 unspecified atom stereocenters. The maximum Gasteiger partial charge on any atom is 0.224 e. The van der Waals surface area contributed by atoms with Gasteiger partial charge in [-0.05, 0) is 60.9 Å². The van der Waals surface area contributed by atoms with Crippen LogP contribution in [0.4, 0.5) is 16.2 Å². The van der Waals surface area contributed by atoms with Crippen molar-refractivity contribution in [3.63, 3.8) is 0 Å². The minimum atomic E-state index is -0.203. The van der Waals surface area contributed by atoms with Crippen LogP contribution in [0.1, 0.15) is 24.0 Å². The number of hydrogen-bond acceptors (Lipinski definition) is 4. The minimum Gasteiger partial charge on any atom is -0.356 e. The fourth-order valence-corrected chi connectivity index (χ4v) is 3.89. The second kappa shape index (κ2) is 9.50. The van der Waals surface area contributed by atoms with Gasteiger partial charge in [0.15, 0.2) is 0 Å². The number of aromatic nitrogens is 2. The van der Waals surface area contributed by atoms with Crippen LogP contribution in [-0.2, 0) is 12.8 Å². The average molecular weight is 391 g/mol. The molecule has 1 aromatic heterocycles. The van der Waals surface area contributed by atoms with Gasteiger partial charge in [-0.2, -0.15) is 4.98 Å². The maximum absolute atomic E-state index is 13.0. The first-order valence-electron chi connectivity index (χ1n) is 10.4. The maximum atomic E-state index is 13.0. The predicted octanol–water partition coefficient (Wildman–Crippen LogP) is 4.73. The van der Waals surface area contributed by atoms with Crippen molar-refractivity contribution in [1.82, 2.24) is 9.97 Å². The minimum absolute atomic E-state index is 0.203. The summed E-state index contributed by atoms with van der Waals surface area (Å²) in [6.45, 7) is 2.78. The van der Waals surface area contributed by atoms with Crippen LogP contribution in [-0.4, -0.2) is 29.6 Å². The van der Waals surface area contributed by atoms with Gasteiger partial charge >= 0.3 is 0 Å². The van der Waals surface area contributed by atoms with Crippen LogP contribution >= 0.6 is 0 Å². The molecule has 2 aromatic carbocycles. The normalized spacial score (nSPS) is 14.7. The van der Waals surface area contributed by atoms with Crippen molar-refractivity contribution in [3.05, 3.63) is 83.8 Å². The third-order valence-electron chi connectivity index (χ3n) is 5.56. The van der Waals surface area contributed by atoms with E-state index in [9.17, 15) is 4.39 Å². The number of rotatable bonds is 7. The highest BCUT2D eigenvalue weighted by Crippen LogP contribution is 2.25. The Balaban J connectivity index is 1.27. The molecule has 150 valence electrons. The average Bonchev–Trinajstić information content (AvgIpc) is 2.77. The van der Waals surface area contributed by atoms with Crippen LogP contribution in [0, 0.1) is 11.7 Å². The molecular formula is C24H27FN4. The Morgan fingerprint density at radius 3 is 2.45 bits per heavy atom. The van der Waals surface area contributed by atoms with E-state index in [4.69, 9.17) is 4.98 Å². The monoisotopic (exact) mass is 390 g/mol. The Hall–Kier alpha value is -2.95. The summed E-state index contributed by atoms with van der Waals surface area (Å²) in [6.07, 6.45) is 6.16. The first-order valence-corrected chi connectivity index (χ1v) is 10.4. The van der Waals surface area contributed by atoms with Crippen LogP contribution in [0.15, 0.2) is 66.9 Å². The van der Waals surface area contributed by atoms with Gasteiger partial charge in [0.05, 0.1) is 0 Å². The molecule has 4 rings (SSSR count). The highest BCUT2D eigenvalue weighted by molar-refractivity contribution is 5.43. The largest absolute Gasteiger partial charge is 0.356 e. The first-order chi connectivity index (χ1) is 14.3. The van der Waals surface area contributed by atoms with E-state index < -0.39 is 0 Å². The number of anilines is 2. The fourth-order valence-electron chi connectivity index (χ4n) is 3.89. The lowest BCUT2D eigenvalue weighted by molar-refractivity contribution is 0.402. The summed E-state index contributed by atoms with van der Waals surface area (Å²) < 4.78 is 13.0. The smallest absolute Gasteiger partial charge is 0.224 e. The van der Waals surface area contributed by atoms with Crippen LogP contribution < -0.4 is 10.2 Å². The van der Waals surface area contributed by atoms with E-state index in [1.807, 2.05) is 24.4 Å². The third kappa shape index (κ3) is 5.53. The highest BCUT2D eigenvalue weighted by atomic mass is 19.1. The lowest BCUT2D eigenvalue weighted by Gasteiger charge is -2.33. The van der Waals surface area contributed by atoms with Crippen LogP contribution in [0.25, 0.3) is 0 Å². The summed E-state index contributed by atoms with van der Waals surface area (Å²) in [5, 5.41) is 3.29. The second-order valence-corrected chi connectivity index (χ2v) is 7.66. The highest BCUT2D eigenvalue weighted by Gasteiger charge is 2.20. The van der Waals surface area contributed by atoms with Gasteiger partial charge in [-0.3, -0.25) is 0 Å². The Kier molecular flexibility index (Phi) is 6.35. The van der Waals surface area contributed by atoms with Gasteiger partial charge in [0.2, 0.25) is 5.95 Å². The van der Waals surface area contributed by atoms with Gasteiger partial charge < -0.3 is 10.2 Å². The Labute approximate surface area is 171 Å². The van der Waals surface area contributed by atoms with Crippen molar-refractivity contribution < 1.29 is 4.39 Å². The van der Waals surface area contributed by atoms with E-state index >= 15 is 0 Å². The van der Waals surface area contributed by atoms with Gasteiger partial charge in [-0.25, -0.2) is 9.37 Å².